The fraction of sp³-hybridized carbons (Fsp3) is 0.286. The van der Waals surface area contributed by atoms with Crippen molar-refractivity contribution >= 4 is 39.1 Å². The zero-order chi connectivity index (χ0) is 27.0. The predicted octanol–water partition coefficient (Wildman–Crippen LogP) is 4.19. The average molecular weight is 542 g/mol. The maximum absolute atomic E-state index is 13.9. The number of carbonyl (C=O) groups excluding carboxylic acids is 2. The summed E-state index contributed by atoms with van der Waals surface area (Å²) in [5.41, 5.74) is 3.04. The highest BCUT2D eigenvalue weighted by Crippen LogP contribution is 2.22. The standard InChI is InChI=1S/C28H32ClN3O4S/c1-4-30-28(34)26(18-22-11-6-5-7-12-22)31(19-23-13-9-8-10-21(23)2)27(33)20-32(37(3,35)36)25-16-14-24(29)15-17-25/h5-17,26H,4,18-20H2,1-3H3,(H,30,34)/t26-/m0/s1. The Hall–Kier alpha value is -3.36. The lowest BCUT2D eigenvalue weighted by atomic mass is 10.0. The highest BCUT2D eigenvalue weighted by molar-refractivity contribution is 7.92. The van der Waals surface area contributed by atoms with Crippen molar-refractivity contribution in [1.29, 1.82) is 0 Å². The lowest BCUT2D eigenvalue weighted by Crippen LogP contribution is -2.53. The summed E-state index contributed by atoms with van der Waals surface area (Å²) >= 11 is 5.99. The number of nitrogens with one attached hydrogen (secondary N) is 1. The van der Waals surface area contributed by atoms with Crippen molar-refractivity contribution in [2.75, 3.05) is 23.7 Å². The molecule has 0 bridgehead atoms. The molecule has 0 spiro atoms. The Morgan fingerprint density at radius 2 is 1.57 bits per heavy atom. The van der Waals surface area contributed by atoms with Gasteiger partial charge in [-0.05, 0) is 54.8 Å². The van der Waals surface area contributed by atoms with Crippen molar-refractivity contribution in [2.45, 2.75) is 32.9 Å². The van der Waals surface area contributed by atoms with Crippen LogP contribution >= 0.6 is 11.6 Å². The van der Waals surface area contributed by atoms with Gasteiger partial charge in [0.2, 0.25) is 21.8 Å². The van der Waals surface area contributed by atoms with E-state index in [1.807, 2.05) is 68.4 Å². The van der Waals surface area contributed by atoms with Gasteiger partial charge in [-0.15, -0.1) is 0 Å². The van der Waals surface area contributed by atoms with Crippen molar-refractivity contribution < 1.29 is 18.0 Å². The van der Waals surface area contributed by atoms with E-state index in [1.54, 1.807) is 24.3 Å². The van der Waals surface area contributed by atoms with Gasteiger partial charge >= 0.3 is 0 Å². The average Bonchev–Trinajstić information content (AvgIpc) is 2.86. The van der Waals surface area contributed by atoms with Gasteiger partial charge in [0, 0.05) is 24.5 Å². The molecule has 0 unspecified atom stereocenters. The SMILES string of the molecule is CCNC(=O)[C@H](Cc1ccccc1)N(Cc1ccccc1C)C(=O)CN(c1ccc(Cl)cc1)S(C)(=O)=O. The van der Waals surface area contributed by atoms with Gasteiger partial charge in [-0.2, -0.15) is 0 Å². The van der Waals surface area contributed by atoms with Gasteiger partial charge in [0.25, 0.3) is 0 Å². The number of carbonyl (C=O) groups is 2. The number of hydrogen-bond acceptors (Lipinski definition) is 4. The Kier molecular flexibility index (Phi) is 9.72. The highest BCUT2D eigenvalue weighted by Gasteiger charge is 2.33. The molecule has 196 valence electrons. The van der Waals surface area contributed by atoms with E-state index in [0.29, 0.717) is 17.3 Å². The molecule has 0 heterocycles. The van der Waals surface area contributed by atoms with Crippen LogP contribution in [0.2, 0.25) is 5.02 Å². The molecule has 0 aromatic heterocycles. The molecule has 37 heavy (non-hydrogen) atoms. The Morgan fingerprint density at radius 3 is 2.16 bits per heavy atom. The molecule has 7 nitrogen and oxygen atoms in total. The minimum absolute atomic E-state index is 0.151. The maximum atomic E-state index is 13.9. The fourth-order valence-corrected chi connectivity index (χ4v) is 5.01. The summed E-state index contributed by atoms with van der Waals surface area (Å²) in [4.78, 5) is 28.7. The first kappa shape index (κ1) is 28.2. The summed E-state index contributed by atoms with van der Waals surface area (Å²) in [5, 5.41) is 3.29. The molecule has 2 amide bonds. The van der Waals surface area contributed by atoms with Crippen LogP contribution in [0, 0.1) is 6.92 Å². The molecular weight excluding hydrogens is 510 g/mol. The third-order valence-electron chi connectivity index (χ3n) is 6.02. The fourth-order valence-electron chi connectivity index (χ4n) is 4.04. The smallest absolute Gasteiger partial charge is 0.244 e. The van der Waals surface area contributed by atoms with Crippen LogP contribution in [0.4, 0.5) is 5.69 Å². The monoisotopic (exact) mass is 541 g/mol. The van der Waals surface area contributed by atoms with E-state index in [0.717, 1.165) is 27.3 Å². The van der Waals surface area contributed by atoms with Gasteiger partial charge in [-0.3, -0.25) is 13.9 Å². The molecule has 0 saturated carbocycles. The lowest BCUT2D eigenvalue weighted by molar-refractivity contribution is -0.140. The second-order valence-electron chi connectivity index (χ2n) is 8.79. The summed E-state index contributed by atoms with van der Waals surface area (Å²) in [5.74, 6) is -0.790. The van der Waals surface area contributed by atoms with Crippen LogP contribution in [0.5, 0.6) is 0 Å². The van der Waals surface area contributed by atoms with Gasteiger partial charge in [0.1, 0.15) is 12.6 Å². The minimum Gasteiger partial charge on any atom is -0.355 e. The molecule has 0 radical (unpaired) electrons. The van der Waals surface area contributed by atoms with Gasteiger partial charge in [0.15, 0.2) is 0 Å². The zero-order valence-corrected chi connectivity index (χ0v) is 22.8. The van der Waals surface area contributed by atoms with Crippen molar-refractivity contribution in [1.82, 2.24) is 10.2 Å². The van der Waals surface area contributed by atoms with Gasteiger partial charge in [-0.1, -0.05) is 66.2 Å². The van der Waals surface area contributed by atoms with Crippen LogP contribution in [-0.2, 0) is 32.6 Å². The molecule has 3 rings (SSSR count). The summed E-state index contributed by atoms with van der Waals surface area (Å²) in [6, 6.07) is 22.5. The Bertz CT molecular complexity index is 1310. The topological polar surface area (TPSA) is 86.8 Å². The predicted molar refractivity (Wildman–Crippen MR) is 148 cm³/mol. The van der Waals surface area contributed by atoms with Crippen LogP contribution in [0.25, 0.3) is 0 Å². The third kappa shape index (κ3) is 7.81. The Morgan fingerprint density at radius 1 is 0.946 bits per heavy atom. The first-order valence-electron chi connectivity index (χ1n) is 12.0. The molecule has 3 aromatic carbocycles. The molecule has 0 aliphatic carbocycles. The van der Waals surface area contributed by atoms with Crippen LogP contribution in [0.1, 0.15) is 23.6 Å². The number of aryl methyl sites for hydroxylation is 1. The minimum atomic E-state index is -3.81. The van der Waals surface area contributed by atoms with Gasteiger partial charge < -0.3 is 10.2 Å². The number of likely N-dealkylation sites (N-methyl/N-ethyl adjacent to an activating group) is 1. The summed E-state index contributed by atoms with van der Waals surface area (Å²) in [6.45, 7) is 3.84. The van der Waals surface area contributed by atoms with E-state index in [1.165, 1.54) is 4.90 Å². The normalized spacial score (nSPS) is 12.0. The van der Waals surface area contributed by atoms with Crippen molar-refractivity contribution in [3.8, 4) is 0 Å². The molecule has 0 saturated heterocycles. The molecule has 0 aliphatic rings. The third-order valence-corrected chi connectivity index (χ3v) is 7.41. The highest BCUT2D eigenvalue weighted by atomic mass is 35.5. The molecule has 3 aromatic rings. The van der Waals surface area contributed by atoms with Crippen molar-refractivity contribution in [3.05, 3.63) is 101 Å². The summed E-state index contributed by atoms with van der Waals surface area (Å²) in [7, 11) is -3.81. The maximum Gasteiger partial charge on any atom is 0.244 e. The van der Waals surface area contributed by atoms with E-state index < -0.39 is 28.5 Å². The molecule has 0 fully saturated rings. The molecule has 1 N–H and O–H groups in total. The van der Waals surface area contributed by atoms with Gasteiger partial charge in [-0.25, -0.2) is 8.42 Å². The van der Waals surface area contributed by atoms with E-state index in [2.05, 4.69) is 5.32 Å². The summed E-state index contributed by atoms with van der Waals surface area (Å²) < 4.78 is 26.5. The quantitative estimate of drug-likeness (QED) is 0.394. The van der Waals surface area contributed by atoms with Crippen molar-refractivity contribution in [2.24, 2.45) is 0 Å². The van der Waals surface area contributed by atoms with Gasteiger partial charge in [0.05, 0.1) is 11.9 Å². The zero-order valence-electron chi connectivity index (χ0n) is 21.2. The number of nitrogens with zero attached hydrogens (tertiary/aromatic N) is 2. The summed E-state index contributed by atoms with van der Waals surface area (Å²) in [6.07, 6.45) is 1.33. The molecule has 9 heteroatoms. The van der Waals surface area contributed by atoms with Crippen LogP contribution < -0.4 is 9.62 Å². The van der Waals surface area contributed by atoms with E-state index in [-0.39, 0.29) is 18.9 Å². The van der Waals surface area contributed by atoms with Crippen LogP contribution in [0.15, 0.2) is 78.9 Å². The lowest BCUT2D eigenvalue weighted by Gasteiger charge is -2.33. The van der Waals surface area contributed by atoms with E-state index >= 15 is 0 Å². The number of hydrogen-bond donors (Lipinski definition) is 1. The number of benzene rings is 3. The van der Waals surface area contributed by atoms with E-state index in [4.69, 9.17) is 11.6 Å². The second kappa shape index (κ2) is 12.7. The number of rotatable bonds is 11. The Balaban J connectivity index is 2.04. The van der Waals surface area contributed by atoms with Crippen LogP contribution in [-0.4, -0.2) is 50.5 Å². The first-order valence-corrected chi connectivity index (χ1v) is 14.2. The largest absolute Gasteiger partial charge is 0.355 e. The number of halogens is 1. The first-order chi connectivity index (χ1) is 17.6. The van der Waals surface area contributed by atoms with Crippen molar-refractivity contribution in [3.63, 3.8) is 0 Å². The number of sulfonamides is 1. The van der Waals surface area contributed by atoms with E-state index in [9.17, 15) is 18.0 Å². The molecule has 1 atom stereocenters. The number of amides is 2. The second-order valence-corrected chi connectivity index (χ2v) is 11.1. The molecule has 0 aliphatic heterocycles. The Labute approximate surface area is 224 Å². The molecular formula is C28H32ClN3O4S. The van der Waals surface area contributed by atoms with Crippen LogP contribution in [0.3, 0.4) is 0 Å². The number of anilines is 1.